The molecule has 1 heteroatoms. The van der Waals surface area contributed by atoms with E-state index < -0.39 is 0 Å². The SMILES string of the molecule is CC(NCCC1CCCCC1)c1ccc2c(c1)CCCC2. The number of fused-ring (bicyclic) bond motifs is 1. The van der Waals surface area contributed by atoms with Crippen LogP contribution >= 0.6 is 0 Å². The number of nitrogens with one attached hydrogen (secondary N) is 1. The standard InChI is InChI=1S/C20H31N/c1-16(21-14-13-17-7-3-2-4-8-17)19-12-11-18-9-5-6-10-20(18)15-19/h11-12,15-17,21H,2-10,13-14H2,1H3. The fourth-order valence-electron chi connectivity index (χ4n) is 4.12. The van der Waals surface area contributed by atoms with E-state index >= 15 is 0 Å². The summed E-state index contributed by atoms with van der Waals surface area (Å²) in [6.45, 7) is 3.51. The van der Waals surface area contributed by atoms with Gasteiger partial charge in [0.15, 0.2) is 0 Å². The van der Waals surface area contributed by atoms with Crippen molar-refractivity contribution in [3.05, 3.63) is 34.9 Å². The molecule has 21 heavy (non-hydrogen) atoms. The van der Waals surface area contributed by atoms with Crippen LogP contribution in [0.5, 0.6) is 0 Å². The largest absolute Gasteiger partial charge is 0.310 e. The summed E-state index contributed by atoms with van der Waals surface area (Å²) < 4.78 is 0. The van der Waals surface area contributed by atoms with E-state index in [1.165, 1.54) is 76.3 Å². The molecule has 0 bridgehead atoms. The van der Waals surface area contributed by atoms with Gasteiger partial charge >= 0.3 is 0 Å². The normalized spacial score (nSPS) is 21.0. The second-order valence-corrected chi connectivity index (χ2v) is 7.20. The van der Waals surface area contributed by atoms with Crippen molar-refractivity contribution >= 4 is 0 Å². The number of rotatable bonds is 5. The predicted molar refractivity (Wildman–Crippen MR) is 90.7 cm³/mol. The van der Waals surface area contributed by atoms with E-state index in [2.05, 4.69) is 30.4 Å². The fraction of sp³-hybridized carbons (Fsp3) is 0.700. The second-order valence-electron chi connectivity index (χ2n) is 7.20. The Kier molecular flexibility index (Phi) is 5.35. The lowest BCUT2D eigenvalue weighted by Gasteiger charge is -2.23. The highest BCUT2D eigenvalue weighted by Crippen LogP contribution is 2.27. The van der Waals surface area contributed by atoms with Gasteiger partial charge < -0.3 is 5.32 Å². The molecule has 1 atom stereocenters. The zero-order valence-corrected chi connectivity index (χ0v) is 13.7. The Morgan fingerprint density at radius 2 is 1.76 bits per heavy atom. The van der Waals surface area contributed by atoms with Gasteiger partial charge in [-0.3, -0.25) is 0 Å². The highest BCUT2D eigenvalue weighted by atomic mass is 14.9. The quantitative estimate of drug-likeness (QED) is 0.785. The molecule has 116 valence electrons. The molecule has 1 fully saturated rings. The Bertz CT molecular complexity index is 445. The van der Waals surface area contributed by atoms with E-state index in [1.807, 2.05) is 0 Å². The van der Waals surface area contributed by atoms with Crippen LogP contribution in [0.3, 0.4) is 0 Å². The Morgan fingerprint density at radius 1 is 1.00 bits per heavy atom. The maximum Gasteiger partial charge on any atom is 0.0291 e. The molecule has 1 aromatic carbocycles. The molecule has 1 nitrogen and oxygen atoms in total. The number of aryl methyl sites for hydroxylation is 2. The predicted octanol–water partition coefficient (Wildman–Crippen LogP) is 5.19. The lowest BCUT2D eigenvalue weighted by Crippen LogP contribution is -2.23. The van der Waals surface area contributed by atoms with Crippen molar-refractivity contribution in [1.82, 2.24) is 5.32 Å². The van der Waals surface area contributed by atoms with Crippen LogP contribution in [0, 0.1) is 5.92 Å². The minimum atomic E-state index is 0.501. The molecule has 0 radical (unpaired) electrons. The zero-order chi connectivity index (χ0) is 14.5. The van der Waals surface area contributed by atoms with Crippen molar-refractivity contribution in [3.8, 4) is 0 Å². The third-order valence-electron chi connectivity index (χ3n) is 5.60. The van der Waals surface area contributed by atoms with Gasteiger partial charge in [0, 0.05) is 6.04 Å². The van der Waals surface area contributed by atoms with Crippen LogP contribution in [0.25, 0.3) is 0 Å². The maximum absolute atomic E-state index is 3.75. The first-order valence-corrected chi connectivity index (χ1v) is 9.18. The topological polar surface area (TPSA) is 12.0 Å². The van der Waals surface area contributed by atoms with Gasteiger partial charge in [-0.25, -0.2) is 0 Å². The second kappa shape index (κ2) is 7.45. The first kappa shape index (κ1) is 15.1. The first-order chi connectivity index (χ1) is 10.3. The van der Waals surface area contributed by atoms with Crippen LogP contribution < -0.4 is 5.32 Å². The van der Waals surface area contributed by atoms with Crippen LogP contribution in [0.4, 0.5) is 0 Å². The van der Waals surface area contributed by atoms with Crippen molar-refractivity contribution in [2.75, 3.05) is 6.54 Å². The van der Waals surface area contributed by atoms with Crippen molar-refractivity contribution < 1.29 is 0 Å². The third-order valence-corrected chi connectivity index (χ3v) is 5.60. The van der Waals surface area contributed by atoms with Crippen LogP contribution in [0.1, 0.15) is 81.0 Å². The first-order valence-electron chi connectivity index (χ1n) is 9.18. The molecule has 0 spiro atoms. The fourth-order valence-corrected chi connectivity index (χ4v) is 4.12. The molecule has 0 heterocycles. The van der Waals surface area contributed by atoms with Gasteiger partial charge in [-0.2, -0.15) is 0 Å². The van der Waals surface area contributed by atoms with Crippen molar-refractivity contribution in [2.45, 2.75) is 77.2 Å². The maximum atomic E-state index is 3.75. The molecular formula is C20H31N. The van der Waals surface area contributed by atoms with Crippen LogP contribution in [0.2, 0.25) is 0 Å². The number of benzene rings is 1. The summed E-state index contributed by atoms with van der Waals surface area (Å²) in [6, 6.07) is 7.69. The van der Waals surface area contributed by atoms with Crippen LogP contribution in [-0.2, 0) is 12.8 Å². The van der Waals surface area contributed by atoms with Gasteiger partial charge in [0.1, 0.15) is 0 Å². The summed E-state index contributed by atoms with van der Waals surface area (Å²) in [5, 5.41) is 3.75. The molecular weight excluding hydrogens is 254 g/mol. The van der Waals surface area contributed by atoms with Crippen molar-refractivity contribution in [1.29, 1.82) is 0 Å². The van der Waals surface area contributed by atoms with Crippen LogP contribution in [0.15, 0.2) is 18.2 Å². The molecule has 0 amide bonds. The molecule has 1 N–H and O–H groups in total. The Morgan fingerprint density at radius 3 is 2.57 bits per heavy atom. The molecule has 1 saturated carbocycles. The average Bonchev–Trinajstić information content (AvgIpc) is 2.55. The summed E-state index contributed by atoms with van der Waals surface area (Å²) in [6.07, 6.45) is 14.0. The summed E-state index contributed by atoms with van der Waals surface area (Å²) in [4.78, 5) is 0. The van der Waals surface area contributed by atoms with Gasteiger partial charge in [0.2, 0.25) is 0 Å². The van der Waals surface area contributed by atoms with E-state index in [0.717, 1.165) is 5.92 Å². The molecule has 2 aliphatic carbocycles. The zero-order valence-electron chi connectivity index (χ0n) is 13.7. The summed E-state index contributed by atoms with van der Waals surface area (Å²) >= 11 is 0. The summed E-state index contributed by atoms with van der Waals surface area (Å²) in [5.74, 6) is 0.988. The van der Waals surface area contributed by atoms with Gasteiger partial charge in [-0.05, 0) is 68.2 Å². The van der Waals surface area contributed by atoms with Gasteiger partial charge in [0.25, 0.3) is 0 Å². The highest BCUT2D eigenvalue weighted by Gasteiger charge is 2.15. The third kappa shape index (κ3) is 4.10. The minimum Gasteiger partial charge on any atom is -0.310 e. The average molecular weight is 285 g/mol. The molecule has 0 saturated heterocycles. The van der Waals surface area contributed by atoms with E-state index in [0.29, 0.717) is 6.04 Å². The molecule has 3 rings (SSSR count). The lowest BCUT2D eigenvalue weighted by atomic mass is 9.87. The number of hydrogen-bond acceptors (Lipinski definition) is 1. The smallest absolute Gasteiger partial charge is 0.0291 e. The Labute approximate surface area is 130 Å². The molecule has 2 aliphatic rings. The molecule has 0 aromatic heterocycles. The van der Waals surface area contributed by atoms with Gasteiger partial charge in [0.05, 0.1) is 0 Å². The van der Waals surface area contributed by atoms with Gasteiger partial charge in [-0.1, -0.05) is 50.3 Å². The van der Waals surface area contributed by atoms with Gasteiger partial charge in [-0.15, -0.1) is 0 Å². The van der Waals surface area contributed by atoms with E-state index in [4.69, 9.17) is 0 Å². The molecule has 1 aromatic rings. The van der Waals surface area contributed by atoms with E-state index in [-0.39, 0.29) is 0 Å². The Balaban J connectivity index is 1.49. The minimum absolute atomic E-state index is 0.501. The van der Waals surface area contributed by atoms with Crippen LogP contribution in [-0.4, -0.2) is 6.54 Å². The van der Waals surface area contributed by atoms with E-state index in [1.54, 1.807) is 11.1 Å². The summed E-state index contributed by atoms with van der Waals surface area (Å²) in [5.41, 5.74) is 4.69. The number of hydrogen-bond donors (Lipinski definition) is 1. The van der Waals surface area contributed by atoms with E-state index in [9.17, 15) is 0 Å². The highest BCUT2D eigenvalue weighted by molar-refractivity contribution is 5.35. The van der Waals surface area contributed by atoms with Crippen molar-refractivity contribution in [3.63, 3.8) is 0 Å². The summed E-state index contributed by atoms with van der Waals surface area (Å²) in [7, 11) is 0. The Hall–Kier alpha value is -0.820. The molecule has 1 unspecified atom stereocenters. The molecule has 0 aliphatic heterocycles. The van der Waals surface area contributed by atoms with Crippen molar-refractivity contribution in [2.24, 2.45) is 5.92 Å². The monoisotopic (exact) mass is 285 g/mol. The lowest BCUT2D eigenvalue weighted by molar-refractivity contribution is 0.329.